The fraction of sp³-hybridized carbons (Fsp3) is 0.500. The number of carboxylic acid groups (broad SMARTS) is 1. The van der Waals surface area contributed by atoms with E-state index in [9.17, 15) is 9.90 Å². The first-order valence-corrected chi connectivity index (χ1v) is 6.79. The van der Waals surface area contributed by atoms with Gasteiger partial charge in [0.2, 0.25) is 0 Å². The maximum absolute atomic E-state index is 11.4. The first-order valence-electron chi connectivity index (χ1n) is 6.41. The quantitative estimate of drug-likeness (QED) is 0.890. The third-order valence-corrected chi connectivity index (χ3v) is 3.97. The molecule has 4 nitrogen and oxygen atoms in total. The number of ether oxygens (including phenoxy) is 1. The second-order valence-corrected chi connectivity index (χ2v) is 5.18. The molecule has 1 atom stereocenters. The number of halogens is 1. The van der Waals surface area contributed by atoms with E-state index >= 15 is 0 Å². The monoisotopic (exact) mass is 283 g/mol. The summed E-state index contributed by atoms with van der Waals surface area (Å²) in [5.74, 6) is -1.24. The lowest BCUT2D eigenvalue weighted by Gasteiger charge is -2.25. The number of aliphatic carboxylic acids is 1. The standard InChI is InChI=1S/C14H18ClNO3/c1-19-13-11(15)6-8-4-2-3-5-9(8)12(13)10(7-16)14(17)18/h6,10H,2-5,7,16H2,1H3,(H,17,18). The molecule has 1 unspecified atom stereocenters. The van der Waals surface area contributed by atoms with Crippen LogP contribution in [0.15, 0.2) is 6.07 Å². The third kappa shape index (κ3) is 2.55. The predicted molar refractivity (Wildman–Crippen MR) is 74.1 cm³/mol. The summed E-state index contributed by atoms with van der Waals surface area (Å²) in [5.41, 5.74) is 8.49. The number of hydrogen-bond donors (Lipinski definition) is 2. The highest BCUT2D eigenvalue weighted by Gasteiger charge is 2.29. The number of methoxy groups -OCH3 is 1. The summed E-state index contributed by atoms with van der Waals surface area (Å²) < 4.78 is 5.32. The maximum atomic E-state index is 11.4. The van der Waals surface area contributed by atoms with Gasteiger partial charge in [-0.05, 0) is 42.9 Å². The van der Waals surface area contributed by atoms with Crippen molar-refractivity contribution in [2.45, 2.75) is 31.6 Å². The molecule has 0 aliphatic heterocycles. The zero-order valence-electron chi connectivity index (χ0n) is 10.9. The molecule has 0 heterocycles. The van der Waals surface area contributed by atoms with Crippen molar-refractivity contribution >= 4 is 17.6 Å². The third-order valence-electron chi connectivity index (χ3n) is 3.68. The minimum Gasteiger partial charge on any atom is -0.495 e. The van der Waals surface area contributed by atoms with Crippen LogP contribution >= 0.6 is 11.6 Å². The van der Waals surface area contributed by atoms with Gasteiger partial charge in [0, 0.05) is 12.1 Å². The van der Waals surface area contributed by atoms with E-state index in [1.165, 1.54) is 7.11 Å². The number of fused-ring (bicyclic) bond motifs is 1. The van der Waals surface area contributed by atoms with Crippen molar-refractivity contribution in [1.82, 2.24) is 0 Å². The van der Waals surface area contributed by atoms with Gasteiger partial charge in [0.1, 0.15) is 5.75 Å². The number of aryl methyl sites for hydroxylation is 1. The van der Waals surface area contributed by atoms with Gasteiger partial charge in [-0.15, -0.1) is 0 Å². The zero-order chi connectivity index (χ0) is 14.0. The van der Waals surface area contributed by atoms with Crippen molar-refractivity contribution in [2.24, 2.45) is 5.73 Å². The van der Waals surface area contributed by atoms with Crippen LogP contribution in [0.5, 0.6) is 5.75 Å². The minimum atomic E-state index is -0.934. The van der Waals surface area contributed by atoms with E-state index in [4.69, 9.17) is 22.1 Å². The molecule has 0 bridgehead atoms. The second kappa shape index (κ2) is 5.80. The van der Waals surface area contributed by atoms with Gasteiger partial charge in [-0.2, -0.15) is 0 Å². The van der Waals surface area contributed by atoms with E-state index in [2.05, 4.69) is 0 Å². The molecule has 1 aliphatic rings. The lowest BCUT2D eigenvalue weighted by Crippen LogP contribution is -2.24. The highest BCUT2D eigenvalue weighted by atomic mass is 35.5. The van der Waals surface area contributed by atoms with Gasteiger partial charge in [0.15, 0.2) is 0 Å². The van der Waals surface area contributed by atoms with Gasteiger partial charge >= 0.3 is 5.97 Å². The molecule has 1 aliphatic carbocycles. The van der Waals surface area contributed by atoms with E-state index in [1.54, 1.807) is 0 Å². The molecule has 0 saturated carbocycles. The molecule has 0 spiro atoms. The Morgan fingerprint density at radius 2 is 2.21 bits per heavy atom. The highest BCUT2D eigenvalue weighted by molar-refractivity contribution is 6.32. The summed E-state index contributed by atoms with van der Waals surface area (Å²) in [6.45, 7) is 0.0402. The molecule has 0 saturated heterocycles. The van der Waals surface area contributed by atoms with Crippen LogP contribution in [0.3, 0.4) is 0 Å². The smallest absolute Gasteiger partial charge is 0.312 e. The van der Waals surface area contributed by atoms with E-state index < -0.39 is 11.9 Å². The van der Waals surface area contributed by atoms with Crippen molar-refractivity contribution in [3.8, 4) is 5.75 Å². The molecule has 5 heteroatoms. The van der Waals surface area contributed by atoms with Crippen molar-refractivity contribution in [1.29, 1.82) is 0 Å². The Morgan fingerprint density at radius 3 is 2.79 bits per heavy atom. The fourth-order valence-electron chi connectivity index (χ4n) is 2.80. The Hall–Kier alpha value is -1.26. The van der Waals surface area contributed by atoms with Crippen molar-refractivity contribution in [3.63, 3.8) is 0 Å². The van der Waals surface area contributed by atoms with Gasteiger partial charge in [-0.1, -0.05) is 11.6 Å². The number of hydrogen-bond acceptors (Lipinski definition) is 3. The average Bonchev–Trinajstić information content (AvgIpc) is 2.39. The lowest BCUT2D eigenvalue weighted by atomic mass is 9.83. The first kappa shape index (κ1) is 14.2. The first-order chi connectivity index (χ1) is 9.10. The van der Waals surface area contributed by atoms with Crippen LogP contribution in [-0.4, -0.2) is 24.7 Å². The Bertz CT molecular complexity index is 502. The molecule has 0 fully saturated rings. The summed E-state index contributed by atoms with van der Waals surface area (Å²) in [4.78, 5) is 11.4. The zero-order valence-corrected chi connectivity index (χ0v) is 11.7. The molecular weight excluding hydrogens is 266 g/mol. The van der Waals surface area contributed by atoms with Gasteiger partial charge < -0.3 is 15.6 Å². The van der Waals surface area contributed by atoms with Crippen LogP contribution in [0.25, 0.3) is 0 Å². The average molecular weight is 284 g/mol. The Morgan fingerprint density at radius 1 is 1.53 bits per heavy atom. The number of benzene rings is 1. The molecule has 1 aromatic carbocycles. The lowest BCUT2D eigenvalue weighted by molar-refractivity contribution is -0.138. The van der Waals surface area contributed by atoms with Crippen LogP contribution in [0.4, 0.5) is 0 Å². The van der Waals surface area contributed by atoms with Crippen LogP contribution in [-0.2, 0) is 17.6 Å². The number of carboxylic acids is 1. The summed E-state index contributed by atoms with van der Waals surface area (Å²) in [6.07, 6.45) is 3.96. The van der Waals surface area contributed by atoms with Gasteiger partial charge in [0.25, 0.3) is 0 Å². The SMILES string of the molecule is COc1c(Cl)cc2c(c1C(CN)C(=O)O)CCCC2. The Labute approximate surface area is 117 Å². The topological polar surface area (TPSA) is 72.5 Å². The normalized spacial score (nSPS) is 15.7. The van der Waals surface area contributed by atoms with Gasteiger partial charge in [-0.25, -0.2) is 0 Å². The Kier molecular flexibility index (Phi) is 4.32. The van der Waals surface area contributed by atoms with Crippen molar-refractivity contribution < 1.29 is 14.6 Å². The minimum absolute atomic E-state index is 0.0402. The number of carbonyl (C=O) groups is 1. The largest absolute Gasteiger partial charge is 0.495 e. The van der Waals surface area contributed by atoms with E-state index in [0.29, 0.717) is 16.3 Å². The molecule has 3 N–H and O–H groups in total. The summed E-state index contributed by atoms with van der Waals surface area (Å²) in [7, 11) is 1.51. The predicted octanol–water partition coefficient (Wildman–Crippen LogP) is 2.35. The number of nitrogens with two attached hydrogens (primary N) is 1. The Balaban J connectivity index is 2.66. The van der Waals surface area contributed by atoms with Gasteiger partial charge in [-0.3, -0.25) is 4.79 Å². The van der Waals surface area contributed by atoms with Gasteiger partial charge in [0.05, 0.1) is 18.1 Å². The number of rotatable bonds is 4. The highest BCUT2D eigenvalue weighted by Crippen LogP contribution is 2.41. The fourth-order valence-corrected chi connectivity index (χ4v) is 3.11. The van der Waals surface area contributed by atoms with E-state index in [-0.39, 0.29) is 6.54 Å². The van der Waals surface area contributed by atoms with Crippen LogP contribution < -0.4 is 10.5 Å². The summed E-state index contributed by atoms with van der Waals surface area (Å²) in [6, 6.07) is 1.90. The molecule has 0 aromatic heterocycles. The van der Waals surface area contributed by atoms with Crippen molar-refractivity contribution in [2.75, 3.05) is 13.7 Å². The molecule has 0 amide bonds. The summed E-state index contributed by atoms with van der Waals surface area (Å²) in [5, 5.41) is 9.83. The maximum Gasteiger partial charge on any atom is 0.312 e. The van der Waals surface area contributed by atoms with E-state index in [0.717, 1.165) is 36.8 Å². The molecule has 1 aromatic rings. The second-order valence-electron chi connectivity index (χ2n) is 4.78. The molecule has 0 radical (unpaired) electrons. The van der Waals surface area contributed by atoms with Crippen LogP contribution in [0, 0.1) is 0 Å². The molecular formula is C14H18ClNO3. The van der Waals surface area contributed by atoms with E-state index in [1.807, 2.05) is 6.07 Å². The molecule has 104 valence electrons. The van der Waals surface area contributed by atoms with Crippen LogP contribution in [0.1, 0.15) is 35.4 Å². The summed E-state index contributed by atoms with van der Waals surface area (Å²) >= 11 is 6.21. The molecule has 19 heavy (non-hydrogen) atoms. The van der Waals surface area contributed by atoms with Crippen molar-refractivity contribution in [3.05, 3.63) is 27.8 Å². The van der Waals surface area contributed by atoms with Crippen LogP contribution in [0.2, 0.25) is 5.02 Å². The molecule has 2 rings (SSSR count).